The molecule has 1 saturated carbocycles. The van der Waals surface area contributed by atoms with Crippen molar-refractivity contribution in [2.45, 2.75) is 51.8 Å². The molecule has 0 aromatic carbocycles. The molecule has 0 aromatic rings. The fourth-order valence-corrected chi connectivity index (χ4v) is 4.74. The summed E-state index contributed by atoms with van der Waals surface area (Å²) in [5.41, 5.74) is 0.00786. The normalized spacial score (nSPS) is 34.4. The number of hydrogen-bond acceptors (Lipinski definition) is 3. The summed E-state index contributed by atoms with van der Waals surface area (Å²) in [5, 5.41) is 6.24. The molecule has 2 amide bonds. The Kier molecular flexibility index (Phi) is 4.66. The first-order valence-electron chi connectivity index (χ1n) is 7.14. The predicted octanol–water partition coefficient (Wildman–Crippen LogP) is 2.24. The van der Waals surface area contributed by atoms with Crippen LogP contribution in [0.2, 0.25) is 0 Å². The van der Waals surface area contributed by atoms with E-state index in [9.17, 15) is 4.79 Å². The molecule has 110 valence electrons. The van der Waals surface area contributed by atoms with E-state index >= 15 is 0 Å². The number of urea groups is 1. The molecule has 19 heavy (non-hydrogen) atoms. The number of ether oxygens (including phenoxy) is 1. The number of amides is 2. The van der Waals surface area contributed by atoms with Gasteiger partial charge in [-0.2, -0.15) is 11.8 Å². The maximum atomic E-state index is 12.1. The zero-order valence-electron chi connectivity index (χ0n) is 12.4. The lowest BCUT2D eigenvalue weighted by atomic mass is 9.58. The van der Waals surface area contributed by atoms with Gasteiger partial charge in [0.1, 0.15) is 0 Å². The van der Waals surface area contributed by atoms with E-state index in [1.807, 2.05) is 11.8 Å². The summed E-state index contributed by atoms with van der Waals surface area (Å²) in [4.78, 5) is 12.1. The zero-order chi connectivity index (χ0) is 14.0. The fourth-order valence-electron chi connectivity index (χ4n) is 3.63. The Morgan fingerprint density at radius 3 is 2.42 bits per heavy atom. The van der Waals surface area contributed by atoms with Gasteiger partial charge in [-0.3, -0.25) is 0 Å². The van der Waals surface area contributed by atoms with E-state index in [-0.39, 0.29) is 23.6 Å². The summed E-state index contributed by atoms with van der Waals surface area (Å²) in [7, 11) is 1.75. The monoisotopic (exact) mass is 286 g/mol. The highest BCUT2D eigenvalue weighted by Crippen LogP contribution is 2.46. The lowest BCUT2D eigenvalue weighted by Gasteiger charge is -2.56. The van der Waals surface area contributed by atoms with Gasteiger partial charge in [0, 0.05) is 30.5 Å². The van der Waals surface area contributed by atoms with Crippen LogP contribution in [-0.4, -0.2) is 42.8 Å². The molecule has 5 heteroatoms. The molecule has 4 nitrogen and oxygen atoms in total. The van der Waals surface area contributed by atoms with Crippen molar-refractivity contribution >= 4 is 17.8 Å². The van der Waals surface area contributed by atoms with Crippen LogP contribution >= 0.6 is 11.8 Å². The Labute approximate surface area is 120 Å². The van der Waals surface area contributed by atoms with Crippen LogP contribution in [0.1, 0.15) is 33.6 Å². The molecular formula is C14H26N2O2S. The van der Waals surface area contributed by atoms with Crippen LogP contribution in [0.4, 0.5) is 4.79 Å². The molecule has 0 spiro atoms. The first kappa shape index (κ1) is 15.0. The molecule has 2 fully saturated rings. The quantitative estimate of drug-likeness (QED) is 0.836. The topological polar surface area (TPSA) is 50.4 Å². The average Bonchev–Trinajstić information content (AvgIpc) is 2.37. The smallest absolute Gasteiger partial charge is 0.315 e. The van der Waals surface area contributed by atoms with Crippen molar-refractivity contribution in [2.24, 2.45) is 11.3 Å². The largest absolute Gasteiger partial charge is 0.380 e. The maximum Gasteiger partial charge on any atom is 0.315 e. The number of thioether (sulfide) groups is 1. The van der Waals surface area contributed by atoms with Gasteiger partial charge in [-0.1, -0.05) is 20.8 Å². The van der Waals surface area contributed by atoms with Crippen LogP contribution in [0, 0.1) is 11.3 Å². The number of methoxy groups -OCH3 is 1. The van der Waals surface area contributed by atoms with E-state index in [1.54, 1.807) is 7.11 Å². The second-order valence-corrected chi connectivity index (χ2v) is 7.54. The van der Waals surface area contributed by atoms with Gasteiger partial charge in [-0.15, -0.1) is 0 Å². The van der Waals surface area contributed by atoms with Crippen LogP contribution in [0.15, 0.2) is 0 Å². The second-order valence-electron chi connectivity index (χ2n) is 6.32. The fraction of sp³-hybridized carbons (Fsp3) is 0.929. The predicted molar refractivity (Wildman–Crippen MR) is 79.5 cm³/mol. The van der Waals surface area contributed by atoms with Crippen LogP contribution in [0.25, 0.3) is 0 Å². The van der Waals surface area contributed by atoms with Crippen LogP contribution in [-0.2, 0) is 4.74 Å². The molecule has 1 heterocycles. The van der Waals surface area contributed by atoms with E-state index in [4.69, 9.17) is 4.74 Å². The van der Waals surface area contributed by atoms with E-state index in [0.29, 0.717) is 12.0 Å². The maximum absolute atomic E-state index is 12.1. The number of carbonyl (C=O) groups is 1. The Bertz CT molecular complexity index is 329. The molecule has 2 rings (SSSR count). The molecule has 2 N–H and O–H groups in total. The minimum atomic E-state index is -0.0172. The van der Waals surface area contributed by atoms with E-state index in [2.05, 4.69) is 31.4 Å². The molecule has 2 aliphatic rings. The Morgan fingerprint density at radius 1 is 1.26 bits per heavy atom. The molecule has 1 aliphatic heterocycles. The van der Waals surface area contributed by atoms with Crippen molar-refractivity contribution < 1.29 is 9.53 Å². The van der Waals surface area contributed by atoms with Gasteiger partial charge < -0.3 is 15.4 Å². The molecule has 1 saturated heterocycles. The zero-order valence-corrected chi connectivity index (χ0v) is 13.2. The first-order valence-corrected chi connectivity index (χ1v) is 8.30. The van der Waals surface area contributed by atoms with Crippen LogP contribution in [0.3, 0.4) is 0 Å². The molecule has 0 aromatic heterocycles. The molecule has 0 radical (unpaired) electrons. The van der Waals surface area contributed by atoms with Gasteiger partial charge in [0.05, 0.1) is 6.10 Å². The summed E-state index contributed by atoms with van der Waals surface area (Å²) >= 11 is 1.97. The lowest BCUT2D eigenvalue weighted by molar-refractivity contribution is -0.140. The minimum Gasteiger partial charge on any atom is -0.380 e. The van der Waals surface area contributed by atoms with Crippen molar-refractivity contribution in [3.63, 3.8) is 0 Å². The number of rotatable bonds is 3. The third-order valence-corrected chi connectivity index (χ3v) is 5.68. The third-order valence-electron chi connectivity index (χ3n) is 4.64. The molecule has 1 aliphatic carbocycles. The average molecular weight is 286 g/mol. The summed E-state index contributed by atoms with van der Waals surface area (Å²) in [6, 6.07) is 0.518. The number of carbonyl (C=O) groups excluding carboxylic acids is 1. The van der Waals surface area contributed by atoms with Gasteiger partial charge in [0.25, 0.3) is 0 Å². The molecular weight excluding hydrogens is 260 g/mol. The van der Waals surface area contributed by atoms with Crippen molar-refractivity contribution in [3.8, 4) is 0 Å². The highest BCUT2D eigenvalue weighted by molar-refractivity contribution is 7.99. The van der Waals surface area contributed by atoms with Crippen molar-refractivity contribution in [1.29, 1.82) is 0 Å². The lowest BCUT2D eigenvalue weighted by Crippen LogP contribution is -2.69. The van der Waals surface area contributed by atoms with Gasteiger partial charge in [0.2, 0.25) is 0 Å². The summed E-state index contributed by atoms with van der Waals surface area (Å²) in [6.45, 7) is 6.45. The molecule has 0 unspecified atom stereocenters. The van der Waals surface area contributed by atoms with Crippen molar-refractivity contribution in [2.75, 3.05) is 18.6 Å². The minimum absolute atomic E-state index is 0.00786. The van der Waals surface area contributed by atoms with E-state index in [0.717, 1.165) is 24.3 Å². The second kappa shape index (κ2) is 5.92. The van der Waals surface area contributed by atoms with Gasteiger partial charge >= 0.3 is 6.03 Å². The molecule has 0 bridgehead atoms. The SMILES string of the molecule is CO[C@@H]1[C@H](C)[C@H](NC(=O)NC2CCSCC2)C1(C)C. The standard InChI is InChI=1S/C14H26N2O2S/c1-9-11(14(2,3)12(9)18-4)16-13(17)15-10-5-7-19-8-6-10/h9-12H,5-8H2,1-4H3,(H2,15,16,17)/t9-,11+,12-/m1/s1. The molecule has 3 atom stereocenters. The summed E-state index contributed by atoms with van der Waals surface area (Å²) in [6.07, 6.45) is 2.40. The Hall–Kier alpha value is -0.420. The summed E-state index contributed by atoms with van der Waals surface area (Å²) in [5.74, 6) is 2.68. The van der Waals surface area contributed by atoms with Crippen LogP contribution in [0.5, 0.6) is 0 Å². The Balaban J connectivity index is 1.82. The van der Waals surface area contributed by atoms with Gasteiger partial charge in [-0.05, 0) is 24.3 Å². The van der Waals surface area contributed by atoms with E-state index < -0.39 is 0 Å². The van der Waals surface area contributed by atoms with Gasteiger partial charge in [-0.25, -0.2) is 4.79 Å². The highest BCUT2D eigenvalue weighted by atomic mass is 32.2. The number of nitrogens with one attached hydrogen (secondary N) is 2. The third kappa shape index (κ3) is 3.02. The van der Waals surface area contributed by atoms with E-state index in [1.165, 1.54) is 0 Å². The van der Waals surface area contributed by atoms with Crippen molar-refractivity contribution in [1.82, 2.24) is 10.6 Å². The first-order chi connectivity index (χ1) is 8.96. The van der Waals surface area contributed by atoms with Crippen molar-refractivity contribution in [3.05, 3.63) is 0 Å². The highest BCUT2D eigenvalue weighted by Gasteiger charge is 2.55. The summed E-state index contributed by atoms with van der Waals surface area (Å²) < 4.78 is 5.50. The van der Waals surface area contributed by atoms with Gasteiger partial charge in [0.15, 0.2) is 0 Å². The number of hydrogen-bond donors (Lipinski definition) is 2. The van der Waals surface area contributed by atoms with Crippen LogP contribution < -0.4 is 10.6 Å². The Morgan fingerprint density at radius 2 is 1.89 bits per heavy atom.